The topological polar surface area (TPSA) is 102 Å². The van der Waals surface area contributed by atoms with Crippen LogP contribution in [0.5, 0.6) is 5.75 Å². The largest absolute Gasteiger partial charge is 0.508 e. The van der Waals surface area contributed by atoms with Crippen molar-refractivity contribution in [2.24, 2.45) is 0 Å². The molecule has 1 amide bonds. The zero-order chi connectivity index (χ0) is 24.5. The van der Waals surface area contributed by atoms with Crippen LogP contribution in [0.25, 0.3) is 0 Å². The van der Waals surface area contributed by atoms with Gasteiger partial charge in [-0.15, -0.1) is 0 Å². The van der Waals surface area contributed by atoms with Gasteiger partial charge in [-0.2, -0.15) is 0 Å². The van der Waals surface area contributed by atoms with Crippen LogP contribution < -0.4 is 10.6 Å². The standard InChI is InChI=1S/C27H31ClN2O4/c1-18(29-16-26(33)22-8-11-25(32)23(14-22)17-31)12-19-2-4-20(5-3-19)13-27(34)30-15-21-6-9-24(28)10-7-21/h2-11,14,18,26,29,31-33H,12-13,15-17H2,1H3,(H,30,34)/t18-,26+/m1/s1. The normalized spacial score (nSPS) is 12.8. The molecule has 0 fully saturated rings. The van der Waals surface area contributed by atoms with Gasteiger partial charge in [0.25, 0.3) is 0 Å². The number of phenols is 1. The summed E-state index contributed by atoms with van der Waals surface area (Å²) in [4.78, 5) is 12.2. The van der Waals surface area contributed by atoms with Gasteiger partial charge in [-0.3, -0.25) is 4.79 Å². The number of hydrogen-bond donors (Lipinski definition) is 5. The van der Waals surface area contributed by atoms with E-state index in [1.165, 1.54) is 6.07 Å². The van der Waals surface area contributed by atoms with Gasteiger partial charge in [0.05, 0.1) is 19.1 Å². The Balaban J connectivity index is 1.42. The zero-order valence-corrected chi connectivity index (χ0v) is 19.9. The summed E-state index contributed by atoms with van der Waals surface area (Å²) in [7, 11) is 0. The number of amides is 1. The molecule has 3 aromatic carbocycles. The fraction of sp³-hybridized carbons (Fsp3) is 0.296. The van der Waals surface area contributed by atoms with Gasteiger partial charge in [0.15, 0.2) is 0 Å². The fourth-order valence-electron chi connectivity index (χ4n) is 3.64. The first-order valence-electron chi connectivity index (χ1n) is 11.3. The molecule has 0 heterocycles. The van der Waals surface area contributed by atoms with Crippen LogP contribution in [-0.4, -0.2) is 33.8 Å². The maximum absolute atomic E-state index is 12.2. The second kappa shape index (κ2) is 12.5. The average molecular weight is 483 g/mol. The number of carbonyl (C=O) groups excluding carboxylic acids is 1. The Morgan fingerprint density at radius 2 is 1.62 bits per heavy atom. The van der Waals surface area contributed by atoms with Crippen LogP contribution in [-0.2, 0) is 30.8 Å². The van der Waals surface area contributed by atoms with Crippen LogP contribution in [0.1, 0.15) is 40.8 Å². The second-order valence-corrected chi connectivity index (χ2v) is 8.91. The molecule has 0 aromatic heterocycles. The molecule has 0 aliphatic rings. The van der Waals surface area contributed by atoms with Gasteiger partial charge in [-0.05, 0) is 59.9 Å². The molecule has 0 saturated carbocycles. The maximum Gasteiger partial charge on any atom is 0.224 e. The Bertz CT molecular complexity index is 1070. The molecule has 0 radical (unpaired) electrons. The number of rotatable bonds is 11. The molecule has 0 spiro atoms. The van der Waals surface area contributed by atoms with E-state index in [0.29, 0.717) is 35.7 Å². The van der Waals surface area contributed by atoms with Crippen molar-refractivity contribution in [1.82, 2.24) is 10.6 Å². The lowest BCUT2D eigenvalue weighted by molar-refractivity contribution is -0.120. The van der Waals surface area contributed by atoms with E-state index >= 15 is 0 Å². The molecule has 5 N–H and O–H groups in total. The van der Waals surface area contributed by atoms with Gasteiger partial charge in [0.1, 0.15) is 5.75 Å². The van der Waals surface area contributed by atoms with E-state index in [4.69, 9.17) is 11.6 Å². The highest BCUT2D eigenvalue weighted by Gasteiger charge is 2.12. The van der Waals surface area contributed by atoms with E-state index in [2.05, 4.69) is 10.6 Å². The van der Waals surface area contributed by atoms with Crippen LogP contribution in [0, 0.1) is 0 Å². The fourth-order valence-corrected chi connectivity index (χ4v) is 3.77. The zero-order valence-electron chi connectivity index (χ0n) is 19.2. The minimum absolute atomic E-state index is 0.0160. The molecule has 0 saturated heterocycles. The molecule has 0 bridgehead atoms. The van der Waals surface area contributed by atoms with Gasteiger partial charge in [-0.25, -0.2) is 0 Å². The third-order valence-electron chi connectivity index (χ3n) is 5.65. The minimum atomic E-state index is -0.748. The number of halogens is 1. The molecule has 180 valence electrons. The molecular formula is C27H31ClN2O4. The van der Waals surface area contributed by atoms with Gasteiger partial charge in [0.2, 0.25) is 5.91 Å². The first kappa shape index (κ1) is 25.7. The summed E-state index contributed by atoms with van der Waals surface area (Å²) >= 11 is 5.88. The Labute approximate surface area is 205 Å². The highest BCUT2D eigenvalue weighted by atomic mass is 35.5. The lowest BCUT2D eigenvalue weighted by Gasteiger charge is -2.18. The molecule has 6 nitrogen and oxygen atoms in total. The molecule has 7 heteroatoms. The molecule has 3 aromatic rings. The van der Waals surface area contributed by atoms with Gasteiger partial charge < -0.3 is 26.0 Å². The van der Waals surface area contributed by atoms with Crippen molar-refractivity contribution in [2.75, 3.05) is 6.54 Å². The summed E-state index contributed by atoms with van der Waals surface area (Å²) in [5.74, 6) is -0.0208. The van der Waals surface area contributed by atoms with Crippen LogP contribution in [0.4, 0.5) is 0 Å². The summed E-state index contributed by atoms with van der Waals surface area (Å²) in [6, 6.07) is 20.2. The van der Waals surface area contributed by atoms with Crippen molar-refractivity contribution >= 4 is 17.5 Å². The minimum Gasteiger partial charge on any atom is -0.508 e. The highest BCUT2D eigenvalue weighted by Crippen LogP contribution is 2.22. The smallest absolute Gasteiger partial charge is 0.224 e. The molecule has 0 unspecified atom stereocenters. The van der Waals surface area contributed by atoms with Crippen LogP contribution in [0.15, 0.2) is 66.7 Å². The van der Waals surface area contributed by atoms with Gasteiger partial charge in [0, 0.05) is 29.7 Å². The molecule has 0 aliphatic heterocycles. The van der Waals surface area contributed by atoms with Crippen molar-refractivity contribution in [3.05, 3.63) is 99.6 Å². The van der Waals surface area contributed by atoms with Crippen molar-refractivity contribution in [3.8, 4) is 5.75 Å². The summed E-state index contributed by atoms with van der Waals surface area (Å²) in [6.45, 7) is 2.58. The summed E-state index contributed by atoms with van der Waals surface area (Å²) in [5, 5.41) is 36.3. The van der Waals surface area contributed by atoms with E-state index in [0.717, 1.165) is 23.1 Å². The second-order valence-electron chi connectivity index (χ2n) is 8.47. The number of benzene rings is 3. The van der Waals surface area contributed by atoms with E-state index in [1.807, 2.05) is 43.3 Å². The van der Waals surface area contributed by atoms with Crippen molar-refractivity contribution < 1.29 is 20.1 Å². The van der Waals surface area contributed by atoms with Crippen LogP contribution in [0.3, 0.4) is 0 Å². The van der Waals surface area contributed by atoms with Gasteiger partial charge >= 0.3 is 0 Å². The van der Waals surface area contributed by atoms with Crippen molar-refractivity contribution in [1.29, 1.82) is 0 Å². The lowest BCUT2D eigenvalue weighted by Crippen LogP contribution is -2.32. The summed E-state index contributed by atoms with van der Waals surface area (Å²) in [5.41, 5.74) is 4.11. The number of nitrogens with one attached hydrogen (secondary N) is 2. The maximum atomic E-state index is 12.2. The van der Waals surface area contributed by atoms with Crippen molar-refractivity contribution in [3.63, 3.8) is 0 Å². The highest BCUT2D eigenvalue weighted by molar-refractivity contribution is 6.30. The number of hydrogen-bond acceptors (Lipinski definition) is 5. The Kier molecular flexibility index (Phi) is 9.48. The Hall–Kier alpha value is -2.90. The average Bonchev–Trinajstić information content (AvgIpc) is 2.83. The number of carbonyl (C=O) groups is 1. The molecule has 34 heavy (non-hydrogen) atoms. The Morgan fingerprint density at radius 1 is 0.971 bits per heavy atom. The first-order valence-corrected chi connectivity index (χ1v) is 11.6. The molecule has 0 aliphatic carbocycles. The van der Waals surface area contributed by atoms with E-state index < -0.39 is 6.10 Å². The Morgan fingerprint density at radius 3 is 2.29 bits per heavy atom. The van der Waals surface area contributed by atoms with Crippen LogP contribution in [0.2, 0.25) is 5.02 Å². The van der Waals surface area contributed by atoms with Crippen LogP contribution >= 0.6 is 11.6 Å². The van der Waals surface area contributed by atoms with Crippen molar-refractivity contribution in [2.45, 2.75) is 45.1 Å². The number of aliphatic hydroxyl groups excluding tert-OH is 2. The summed E-state index contributed by atoms with van der Waals surface area (Å²) in [6.07, 6.45) is 0.339. The third-order valence-corrected chi connectivity index (χ3v) is 5.90. The number of aliphatic hydroxyl groups is 2. The summed E-state index contributed by atoms with van der Waals surface area (Å²) < 4.78 is 0. The predicted octanol–water partition coefficient (Wildman–Crippen LogP) is 3.65. The quantitative estimate of drug-likeness (QED) is 0.287. The molecular weight excluding hydrogens is 452 g/mol. The molecule has 3 rings (SSSR count). The van der Waals surface area contributed by atoms with Gasteiger partial charge in [-0.1, -0.05) is 54.1 Å². The molecule has 2 atom stereocenters. The van der Waals surface area contributed by atoms with E-state index in [9.17, 15) is 20.1 Å². The predicted molar refractivity (Wildman–Crippen MR) is 134 cm³/mol. The first-order chi connectivity index (χ1) is 16.3. The monoisotopic (exact) mass is 482 g/mol. The third kappa shape index (κ3) is 7.85. The lowest BCUT2D eigenvalue weighted by atomic mass is 10.0. The SMILES string of the molecule is C[C@H](Cc1ccc(CC(=O)NCc2ccc(Cl)cc2)cc1)NC[C@H](O)c1ccc(O)c(CO)c1. The van der Waals surface area contributed by atoms with E-state index in [1.54, 1.807) is 24.3 Å². The van der Waals surface area contributed by atoms with E-state index in [-0.39, 0.29) is 24.3 Å². The number of aromatic hydroxyl groups is 1.